The highest BCUT2D eigenvalue weighted by Gasteiger charge is 2.34. The Kier molecular flexibility index (Phi) is 4.10. The molecule has 1 aliphatic rings. The van der Waals surface area contributed by atoms with Gasteiger partial charge in [-0.3, -0.25) is 4.79 Å². The molecular weight excluding hydrogens is 285 g/mol. The molecule has 1 atom stereocenters. The zero-order valence-electron chi connectivity index (χ0n) is 11.0. The predicted octanol–water partition coefficient (Wildman–Crippen LogP) is 1.62. The van der Waals surface area contributed by atoms with E-state index < -0.39 is 27.7 Å². The van der Waals surface area contributed by atoms with Crippen LogP contribution in [-0.2, 0) is 14.8 Å². The van der Waals surface area contributed by atoms with Crippen molar-refractivity contribution in [3.63, 3.8) is 0 Å². The van der Waals surface area contributed by atoms with Gasteiger partial charge in [0.1, 0.15) is 5.82 Å². The van der Waals surface area contributed by atoms with Crippen molar-refractivity contribution in [2.24, 2.45) is 5.92 Å². The summed E-state index contributed by atoms with van der Waals surface area (Å²) in [5.74, 6) is -2.29. The van der Waals surface area contributed by atoms with Gasteiger partial charge in [0.2, 0.25) is 10.0 Å². The lowest BCUT2D eigenvalue weighted by Crippen LogP contribution is -2.42. The van der Waals surface area contributed by atoms with Gasteiger partial charge in [0.25, 0.3) is 0 Å². The van der Waals surface area contributed by atoms with Crippen LogP contribution in [0.3, 0.4) is 0 Å². The average molecular weight is 301 g/mol. The summed E-state index contributed by atoms with van der Waals surface area (Å²) in [4.78, 5) is 10.9. The second-order valence-corrected chi connectivity index (χ2v) is 6.81. The fraction of sp³-hybridized carbons (Fsp3) is 0.462. The smallest absolute Gasteiger partial charge is 0.307 e. The average Bonchev–Trinajstić information content (AvgIpc) is 2.41. The molecule has 7 heteroatoms. The molecule has 0 amide bonds. The summed E-state index contributed by atoms with van der Waals surface area (Å²) in [5.41, 5.74) is 0.0601. The van der Waals surface area contributed by atoms with Crippen molar-refractivity contribution in [1.29, 1.82) is 0 Å². The van der Waals surface area contributed by atoms with Crippen LogP contribution in [-0.4, -0.2) is 36.9 Å². The number of piperidine rings is 1. The fourth-order valence-corrected chi connectivity index (χ4v) is 4.13. The highest BCUT2D eigenvalue weighted by atomic mass is 32.2. The SMILES string of the molecule is Cc1c(F)cccc1S(=O)(=O)N1CCCC(C(=O)O)C1. The summed E-state index contributed by atoms with van der Waals surface area (Å²) in [7, 11) is -3.85. The minimum absolute atomic E-state index is 0.0601. The van der Waals surface area contributed by atoms with Gasteiger partial charge in [-0.05, 0) is 31.9 Å². The van der Waals surface area contributed by atoms with Crippen LogP contribution in [0.1, 0.15) is 18.4 Å². The molecule has 2 rings (SSSR count). The third-order valence-corrected chi connectivity index (χ3v) is 5.58. The van der Waals surface area contributed by atoms with E-state index in [9.17, 15) is 17.6 Å². The largest absolute Gasteiger partial charge is 0.481 e. The highest BCUT2D eigenvalue weighted by molar-refractivity contribution is 7.89. The lowest BCUT2D eigenvalue weighted by Gasteiger charge is -2.30. The van der Waals surface area contributed by atoms with Crippen molar-refractivity contribution < 1.29 is 22.7 Å². The molecule has 20 heavy (non-hydrogen) atoms. The maximum Gasteiger partial charge on any atom is 0.307 e. The number of nitrogens with zero attached hydrogens (tertiary/aromatic N) is 1. The Morgan fingerprint density at radius 3 is 2.80 bits per heavy atom. The van der Waals surface area contributed by atoms with Crippen molar-refractivity contribution in [1.82, 2.24) is 4.31 Å². The quantitative estimate of drug-likeness (QED) is 0.920. The first-order chi connectivity index (χ1) is 9.34. The van der Waals surface area contributed by atoms with Gasteiger partial charge in [0, 0.05) is 18.7 Å². The van der Waals surface area contributed by atoms with Crippen LogP contribution in [0, 0.1) is 18.7 Å². The third-order valence-electron chi connectivity index (χ3n) is 3.57. The topological polar surface area (TPSA) is 74.7 Å². The number of benzene rings is 1. The zero-order chi connectivity index (χ0) is 14.9. The lowest BCUT2D eigenvalue weighted by atomic mass is 10.0. The molecule has 0 radical (unpaired) electrons. The van der Waals surface area contributed by atoms with Crippen LogP contribution in [0.15, 0.2) is 23.1 Å². The summed E-state index contributed by atoms with van der Waals surface area (Å²) < 4.78 is 39.6. The molecular formula is C13H16FNO4S. The Morgan fingerprint density at radius 1 is 1.45 bits per heavy atom. The molecule has 0 bridgehead atoms. The molecule has 0 saturated carbocycles. The highest BCUT2D eigenvalue weighted by Crippen LogP contribution is 2.26. The predicted molar refractivity (Wildman–Crippen MR) is 70.3 cm³/mol. The number of hydrogen-bond donors (Lipinski definition) is 1. The van der Waals surface area contributed by atoms with Crippen LogP contribution in [0.4, 0.5) is 4.39 Å². The van der Waals surface area contributed by atoms with E-state index in [1.807, 2.05) is 0 Å². The van der Waals surface area contributed by atoms with Crippen LogP contribution in [0.25, 0.3) is 0 Å². The van der Waals surface area contributed by atoms with Gasteiger partial charge in [-0.25, -0.2) is 12.8 Å². The minimum Gasteiger partial charge on any atom is -0.481 e. The van der Waals surface area contributed by atoms with Crippen molar-refractivity contribution >= 4 is 16.0 Å². The summed E-state index contributed by atoms with van der Waals surface area (Å²) in [5, 5.41) is 9.01. The molecule has 1 saturated heterocycles. The van der Waals surface area contributed by atoms with Crippen molar-refractivity contribution in [2.45, 2.75) is 24.7 Å². The van der Waals surface area contributed by atoms with Crippen LogP contribution in [0.5, 0.6) is 0 Å². The van der Waals surface area contributed by atoms with Gasteiger partial charge in [0.05, 0.1) is 10.8 Å². The Bertz CT molecular complexity index is 629. The molecule has 1 aromatic rings. The van der Waals surface area contributed by atoms with E-state index in [1.54, 1.807) is 0 Å². The molecule has 1 heterocycles. The number of sulfonamides is 1. The summed E-state index contributed by atoms with van der Waals surface area (Å²) >= 11 is 0. The van der Waals surface area contributed by atoms with Crippen molar-refractivity contribution in [2.75, 3.05) is 13.1 Å². The molecule has 1 aromatic carbocycles. The maximum atomic E-state index is 13.5. The standard InChI is InChI=1S/C13H16FNO4S/c1-9-11(14)5-2-6-12(9)20(18,19)15-7-3-4-10(8-15)13(16)17/h2,5-6,10H,3-4,7-8H2,1H3,(H,16,17). The molecule has 5 nitrogen and oxygen atoms in total. The van der Waals surface area contributed by atoms with E-state index in [1.165, 1.54) is 25.1 Å². The number of carboxylic acid groups (broad SMARTS) is 1. The summed E-state index contributed by atoms with van der Waals surface area (Å²) in [6, 6.07) is 3.89. The lowest BCUT2D eigenvalue weighted by molar-refractivity contribution is -0.142. The van der Waals surface area contributed by atoms with E-state index in [2.05, 4.69) is 0 Å². The van der Waals surface area contributed by atoms with Gasteiger partial charge in [-0.1, -0.05) is 6.07 Å². The first kappa shape index (κ1) is 14.9. The third kappa shape index (κ3) is 2.69. The molecule has 110 valence electrons. The first-order valence-electron chi connectivity index (χ1n) is 6.32. The molecule has 1 fully saturated rings. The number of carbonyl (C=O) groups is 1. The Morgan fingerprint density at radius 2 is 2.15 bits per heavy atom. The maximum absolute atomic E-state index is 13.5. The second kappa shape index (κ2) is 5.49. The van der Waals surface area contributed by atoms with Gasteiger partial charge < -0.3 is 5.11 Å². The van der Waals surface area contributed by atoms with E-state index in [4.69, 9.17) is 5.11 Å². The molecule has 1 unspecified atom stereocenters. The van der Waals surface area contributed by atoms with Crippen LogP contribution >= 0.6 is 0 Å². The number of aliphatic carboxylic acids is 1. The molecule has 0 aliphatic carbocycles. The first-order valence-corrected chi connectivity index (χ1v) is 7.76. The number of carboxylic acids is 1. The van der Waals surface area contributed by atoms with Gasteiger partial charge in [0.15, 0.2) is 0 Å². The van der Waals surface area contributed by atoms with E-state index >= 15 is 0 Å². The van der Waals surface area contributed by atoms with Gasteiger partial charge >= 0.3 is 5.97 Å². The summed E-state index contributed by atoms with van der Waals surface area (Å²) in [6.45, 7) is 1.61. The molecule has 0 spiro atoms. The second-order valence-electron chi connectivity index (χ2n) is 4.90. The Hall–Kier alpha value is -1.47. The fourth-order valence-electron chi connectivity index (χ4n) is 2.37. The monoisotopic (exact) mass is 301 g/mol. The molecule has 0 aromatic heterocycles. The van der Waals surface area contributed by atoms with Crippen molar-refractivity contribution in [3.05, 3.63) is 29.6 Å². The molecule has 1 aliphatic heterocycles. The van der Waals surface area contributed by atoms with E-state index in [0.29, 0.717) is 12.8 Å². The Balaban J connectivity index is 2.35. The zero-order valence-corrected chi connectivity index (χ0v) is 11.9. The van der Waals surface area contributed by atoms with Gasteiger partial charge in [-0.2, -0.15) is 4.31 Å². The molecule has 1 N–H and O–H groups in total. The van der Waals surface area contributed by atoms with Crippen LogP contribution in [0.2, 0.25) is 0 Å². The number of halogens is 1. The number of rotatable bonds is 3. The number of hydrogen-bond acceptors (Lipinski definition) is 3. The normalized spacial score (nSPS) is 20.8. The van der Waals surface area contributed by atoms with Crippen molar-refractivity contribution in [3.8, 4) is 0 Å². The van der Waals surface area contributed by atoms with E-state index in [0.717, 1.165) is 4.31 Å². The Labute approximate surface area is 117 Å². The van der Waals surface area contributed by atoms with Gasteiger partial charge in [-0.15, -0.1) is 0 Å². The van der Waals surface area contributed by atoms with Crippen LogP contribution < -0.4 is 0 Å². The minimum atomic E-state index is -3.85. The van der Waals surface area contributed by atoms with E-state index in [-0.39, 0.29) is 23.5 Å². The summed E-state index contributed by atoms with van der Waals surface area (Å²) in [6.07, 6.45) is 0.952.